The SMILES string of the molecule is [Na+].[Na+].[O-][Cl+][O-].[OH-]. The first-order valence-electron chi connectivity index (χ1n) is 0.309. The molecule has 0 aromatic carbocycles. The van der Waals surface area contributed by atoms with E-state index in [2.05, 4.69) is 0 Å². The second-order valence-electron chi connectivity index (χ2n) is 0.0630. The third-order valence-corrected chi connectivity index (χ3v) is 0. The molecule has 0 rings (SSSR count). The van der Waals surface area contributed by atoms with E-state index in [0.717, 1.165) is 0 Å². The molecule has 3 nitrogen and oxygen atoms in total. The summed E-state index contributed by atoms with van der Waals surface area (Å²) in [6, 6.07) is 0. The Bertz CT molecular complexity index is 8.75. The second-order valence-corrected chi connectivity index (χ2v) is 0.189. The molecule has 0 heterocycles. The average molecular weight is 130 g/mol. The van der Waals surface area contributed by atoms with Gasteiger partial charge in [-0.1, -0.05) is 0 Å². The number of rotatable bonds is 0. The minimum Gasteiger partial charge on any atom is -0.870 e. The van der Waals surface area contributed by atoms with Crippen molar-refractivity contribution in [3.05, 3.63) is 0 Å². The van der Waals surface area contributed by atoms with Gasteiger partial charge >= 0.3 is 59.1 Å². The summed E-state index contributed by atoms with van der Waals surface area (Å²) in [5.74, 6) is 0. The van der Waals surface area contributed by atoms with Crippen LogP contribution in [0.5, 0.6) is 0 Å². The van der Waals surface area contributed by atoms with Crippen molar-refractivity contribution >= 4 is 0 Å². The van der Waals surface area contributed by atoms with Gasteiger partial charge in [0.15, 0.2) is 0 Å². The Hall–Kier alpha value is 2.17. The zero-order chi connectivity index (χ0) is 2.71. The molecule has 0 radical (unpaired) electrons. The maximum Gasteiger partial charge on any atom is 1.00 e. The summed E-state index contributed by atoms with van der Waals surface area (Å²) in [6.45, 7) is 0. The third-order valence-electron chi connectivity index (χ3n) is 0. The van der Waals surface area contributed by atoms with Crippen LogP contribution in [0.15, 0.2) is 0 Å². The maximum atomic E-state index is 8.24. The molecule has 28 valence electrons. The van der Waals surface area contributed by atoms with Crippen molar-refractivity contribution < 1.29 is 85.2 Å². The van der Waals surface area contributed by atoms with Crippen molar-refractivity contribution in [1.29, 1.82) is 0 Å². The van der Waals surface area contributed by atoms with Gasteiger partial charge in [-0.3, -0.25) is 0 Å². The van der Waals surface area contributed by atoms with Crippen LogP contribution >= 0.6 is 0 Å². The minimum absolute atomic E-state index is 0. The van der Waals surface area contributed by atoms with Gasteiger partial charge in [-0.25, -0.2) is 0 Å². The van der Waals surface area contributed by atoms with Crippen molar-refractivity contribution in [2.24, 2.45) is 0 Å². The Morgan fingerprint density at radius 3 is 1.00 bits per heavy atom. The van der Waals surface area contributed by atoms with Gasteiger partial charge in [0.1, 0.15) is 0 Å². The molecule has 0 unspecified atom stereocenters. The molecule has 6 heteroatoms. The normalized spacial score (nSPS) is 3.00. The van der Waals surface area contributed by atoms with Crippen LogP contribution in [0.4, 0.5) is 0 Å². The first-order chi connectivity index (χ1) is 1.41. The Balaban J connectivity index is -0.00000000667. The predicted molar refractivity (Wildman–Crippen MR) is 1.94 cm³/mol. The van der Waals surface area contributed by atoms with Gasteiger partial charge in [0.05, 0.1) is 11.3 Å². The molecule has 0 amide bonds. The molecule has 0 saturated heterocycles. The fraction of sp³-hybridized carbons (Fsp3) is 0. The van der Waals surface area contributed by atoms with Gasteiger partial charge in [-0.15, -0.1) is 0 Å². The van der Waals surface area contributed by atoms with Gasteiger partial charge in [0, 0.05) is 0 Å². The number of hydrogen-bond acceptors (Lipinski definition) is 3. The van der Waals surface area contributed by atoms with E-state index in [-0.39, 0.29) is 64.6 Å². The second kappa shape index (κ2) is 27.2. The van der Waals surface area contributed by atoms with Gasteiger partial charge in [-0.05, 0) is 0 Å². The summed E-state index contributed by atoms with van der Waals surface area (Å²) in [4.78, 5) is 0. The van der Waals surface area contributed by atoms with Crippen LogP contribution in [0.3, 0.4) is 0 Å². The summed E-state index contributed by atoms with van der Waals surface area (Å²) in [7, 11) is 0. The molecule has 0 aromatic heterocycles. The molecule has 0 bridgehead atoms. The van der Waals surface area contributed by atoms with Crippen LogP contribution < -0.4 is 68.4 Å². The Labute approximate surface area is 84.1 Å². The van der Waals surface area contributed by atoms with Crippen LogP contribution in [0.1, 0.15) is 0 Å². The molecule has 0 aliphatic carbocycles. The van der Waals surface area contributed by atoms with E-state index in [9.17, 15) is 0 Å². The van der Waals surface area contributed by atoms with Crippen LogP contribution in [-0.4, -0.2) is 5.48 Å². The minimum atomic E-state index is -0.417. The van der Waals surface area contributed by atoms with Crippen molar-refractivity contribution in [2.45, 2.75) is 0 Å². The molecular formula is HClNa2O3. The van der Waals surface area contributed by atoms with Crippen LogP contribution in [0.2, 0.25) is 0 Å². The molecule has 0 aliphatic heterocycles. The van der Waals surface area contributed by atoms with Crippen molar-refractivity contribution in [1.82, 2.24) is 0 Å². The zero-order valence-electron chi connectivity index (χ0n) is 3.64. The van der Waals surface area contributed by atoms with E-state index in [1.165, 1.54) is 0 Å². The van der Waals surface area contributed by atoms with Crippen LogP contribution in [0.25, 0.3) is 0 Å². The molecule has 0 fully saturated rings. The number of halogens is 1. The first-order valence-corrected chi connectivity index (χ1v) is 0.926. The van der Waals surface area contributed by atoms with Crippen LogP contribution in [-0.2, 0) is 0 Å². The van der Waals surface area contributed by atoms with E-state index in [1.807, 2.05) is 0 Å². The molecule has 0 atom stereocenters. The van der Waals surface area contributed by atoms with Gasteiger partial charge < -0.3 is 14.8 Å². The fourth-order valence-electron chi connectivity index (χ4n) is 0. The molecule has 1 N–H and O–H groups in total. The molecule has 0 aromatic rings. The summed E-state index contributed by atoms with van der Waals surface area (Å²) >= 11 is -0.417. The topological polar surface area (TPSA) is 76.1 Å². The van der Waals surface area contributed by atoms with Gasteiger partial charge in [0.2, 0.25) is 0 Å². The van der Waals surface area contributed by atoms with E-state index >= 15 is 0 Å². The Kier molecular flexibility index (Phi) is 109. The van der Waals surface area contributed by atoms with E-state index < -0.39 is 11.3 Å². The van der Waals surface area contributed by atoms with Crippen molar-refractivity contribution in [3.8, 4) is 0 Å². The molecule has 0 saturated carbocycles. The van der Waals surface area contributed by atoms with Crippen molar-refractivity contribution in [2.75, 3.05) is 0 Å². The number of hydrogen-bond donors (Lipinski definition) is 0. The zero-order valence-corrected chi connectivity index (χ0v) is 8.40. The smallest absolute Gasteiger partial charge is 0.870 e. The van der Waals surface area contributed by atoms with Crippen LogP contribution in [0, 0.1) is 11.3 Å². The third kappa shape index (κ3) is 35.0. The molecule has 6 heavy (non-hydrogen) atoms. The molecule has 0 spiro atoms. The summed E-state index contributed by atoms with van der Waals surface area (Å²) < 4.78 is 16.5. The fourth-order valence-corrected chi connectivity index (χ4v) is 0. The van der Waals surface area contributed by atoms with E-state index in [0.29, 0.717) is 0 Å². The quantitative estimate of drug-likeness (QED) is 0.306. The average Bonchev–Trinajstić information content (AvgIpc) is 0.918. The Morgan fingerprint density at radius 2 is 1.00 bits per heavy atom. The molecular weight excluding hydrogens is 129 g/mol. The first kappa shape index (κ1) is 24.2. The summed E-state index contributed by atoms with van der Waals surface area (Å²) in [5.41, 5.74) is 0. The summed E-state index contributed by atoms with van der Waals surface area (Å²) in [6.07, 6.45) is 0. The van der Waals surface area contributed by atoms with E-state index in [4.69, 9.17) is 9.32 Å². The maximum absolute atomic E-state index is 8.24. The molecule has 0 aliphatic rings. The largest absolute Gasteiger partial charge is 1.00 e. The predicted octanol–water partition coefficient (Wildman–Crippen LogP) is -8.55. The Morgan fingerprint density at radius 1 is 1.00 bits per heavy atom. The van der Waals surface area contributed by atoms with Gasteiger partial charge in [0.25, 0.3) is 0 Å². The summed E-state index contributed by atoms with van der Waals surface area (Å²) in [5, 5.41) is 0. The monoisotopic (exact) mass is 130 g/mol. The van der Waals surface area contributed by atoms with Gasteiger partial charge in [-0.2, -0.15) is 0 Å². The van der Waals surface area contributed by atoms with Crippen molar-refractivity contribution in [3.63, 3.8) is 0 Å². The standard InChI is InChI=1S/ClO2.2Na.H2O/c2-1-3;;;/h;;;1H2/q-1;2*+1;/p-1. The van der Waals surface area contributed by atoms with E-state index in [1.54, 1.807) is 0 Å².